The molecule has 2 fully saturated rings. The Bertz CT molecular complexity index is 1740. The molecule has 14 heteroatoms. The molecular weight excluding hydrogens is 1050 g/mol. The number of hydrogen-bond acceptors (Lipinski definition) is 14. The highest BCUT2D eigenvalue weighted by Crippen LogP contribution is 2.27. The van der Waals surface area contributed by atoms with Crippen LogP contribution in [0.1, 0.15) is 232 Å². The monoisotopic (exact) mass is 1170 g/mol. The molecule has 478 valence electrons. The smallest absolute Gasteiger partial charge is 0.306 e. The second kappa shape index (κ2) is 54.3. The van der Waals surface area contributed by atoms with Crippen LogP contribution in [0.2, 0.25) is 0 Å². The third-order valence-electron chi connectivity index (χ3n) is 15.1. The Labute approximate surface area is 502 Å². The lowest BCUT2D eigenvalue weighted by Crippen LogP contribution is -2.61. The van der Waals surface area contributed by atoms with Crippen LogP contribution in [-0.4, -0.2) is 142 Å². The van der Waals surface area contributed by atoms with Gasteiger partial charge in [0.25, 0.3) is 0 Å². The average Bonchev–Trinajstić information content (AvgIpc) is 3.67. The van der Waals surface area contributed by atoms with Crippen LogP contribution < -0.4 is 0 Å². The number of unbranched alkanes of at least 4 members (excludes halogenated alkanes) is 23. The average molecular weight is 1170 g/mol. The van der Waals surface area contributed by atoms with E-state index in [0.717, 1.165) is 96.3 Å². The van der Waals surface area contributed by atoms with E-state index >= 15 is 0 Å². The number of ether oxygens (including phenoxy) is 6. The molecule has 7 N–H and O–H groups in total. The first-order valence-electron chi connectivity index (χ1n) is 32.8. The van der Waals surface area contributed by atoms with Crippen molar-refractivity contribution >= 4 is 5.97 Å². The first-order chi connectivity index (χ1) is 40.6. The number of carbonyl (C=O) groups excluding carboxylic acids is 1. The van der Waals surface area contributed by atoms with E-state index < -0.39 is 80.7 Å². The van der Waals surface area contributed by atoms with Crippen LogP contribution in [0.25, 0.3) is 0 Å². The largest absolute Gasteiger partial charge is 0.457 e. The van der Waals surface area contributed by atoms with E-state index in [2.05, 4.69) is 111 Å². The molecule has 2 saturated heterocycles. The van der Waals surface area contributed by atoms with Gasteiger partial charge in [-0.15, -0.1) is 0 Å². The fourth-order valence-corrected chi connectivity index (χ4v) is 9.85. The van der Waals surface area contributed by atoms with Crippen molar-refractivity contribution in [1.29, 1.82) is 0 Å². The van der Waals surface area contributed by atoms with E-state index in [1.54, 1.807) is 0 Å². The summed E-state index contributed by atoms with van der Waals surface area (Å²) < 4.78 is 34.5. The third kappa shape index (κ3) is 40.1. The Morgan fingerprint density at radius 3 is 1.23 bits per heavy atom. The summed E-state index contributed by atoms with van der Waals surface area (Å²) in [4.78, 5) is 13.1. The number of aliphatic hydroxyl groups excluding tert-OH is 7. The summed E-state index contributed by atoms with van der Waals surface area (Å²) in [5.74, 6) is -0.385. The highest BCUT2D eigenvalue weighted by molar-refractivity contribution is 5.69. The van der Waals surface area contributed by atoms with Crippen LogP contribution in [0.4, 0.5) is 0 Å². The molecule has 0 bridgehead atoms. The molecule has 11 atom stereocenters. The fourth-order valence-electron chi connectivity index (χ4n) is 9.85. The van der Waals surface area contributed by atoms with Crippen molar-refractivity contribution < 1.29 is 69.0 Å². The maximum atomic E-state index is 13.1. The molecule has 0 aromatic rings. The van der Waals surface area contributed by atoms with Gasteiger partial charge >= 0.3 is 5.97 Å². The molecule has 0 spiro atoms. The topological polar surface area (TPSA) is 214 Å². The molecule has 11 unspecified atom stereocenters. The van der Waals surface area contributed by atoms with Crippen molar-refractivity contribution in [2.45, 2.75) is 300 Å². The third-order valence-corrected chi connectivity index (χ3v) is 15.1. The van der Waals surface area contributed by atoms with Crippen molar-refractivity contribution in [3.05, 3.63) is 97.2 Å². The van der Waals surface area contributed by atoms with Gasteiger partial charge in [-0.2, -0.15) is 0 Å². The Hall–Kier alpha value is -3.09. The van der Waals surface area contributed by atoms with Gasteiger partial charge in [-0.05, 0) is 96.3 Å². The summed E-state index contributed by atoms with van der Waals surface area (Å²) in [6, 6.07) is 0. The number of aliphatic hydroxyl groups is 7. The van der Waals surface area contributed by atoms with Crippen molar-refractivity contribution in [3.8, 4) is 0 Å². The van der Waals surface area contributed by atoms with Gasteiger partial charge in [0.15, 0.2) is 12.6 Å². The predicted molar refractivity (Wildman–Crippen MR) is 334 cm³/mol. The molecule has 0 aliphatic carbocycles. The van der Waals surface area contributed by atoms with Crippen molar-refractivity contribution in [1.82, 2.24) is 0 Å². The molecule has 2 rings (SSSR count). The van der Waals surface area contributed by atoms with Gasteiger partial charge in [-0.1, -0.05) is 227 Å². The van der Waals surface area contributed by atoms with E-state index in [1.807, 2.05) is 0 Å². The first kappa shape index (κ1) is 76.0. The predicted octanol–water partition coefficient (Wildman–Crippen LogP) is 13.3. The number of allylic oxidation sites excluding steroid dienone is 16. The minimum atomic E-state index is -1.72. The standard InChI is InChI=1S/C69H118O14/c1-3-5-7-9-11-13-15-17-19-21-23-25-27-29-30-32-34-36-38-40-42-44-46-48-50-52-61(71)81-58(56-79-68-67(77)65(75)63(73)60(83-68)57-80-69-66(76)64(74)62(72)59(54-70)82-69)55-78-53-51-49-47-45-43-41-39-37-35-33-31-28-26-24-22-20-18-16-14-12-10-8-6-4-2/h6,8,12,14-15,17-18,20-21,23-24,26-27,29,31,33,58-60,62-70,72-77H,3-5,7,9-11,13,16,19,22,25,28,30,32,34-57H2,1-2H3/b8-6-,14-12-,17-15-,20-18-,23-21-,26-24-,29-27-,33-31-. The molecular formula is C69H118O14. The van der Waals surface area contributed by atoms with E-state index in [4.69, 9.17) is 28.4 Å². The van der Waals surface area contributed by atoms with Gasteiger partial charge in [0.05, 0.1) is 26.4 Å². The maximum absolute atomic E-state index is 13.1. The zero-order chi connectivity index (χ0) is 60.1. The highest BCUT2D eigenvalue weighted by Gasteiger charge is 2.47. The van der Waals surface area contributed by atoms with E-state index in [1.165, 1.54) is 109 Å². The lowest BCUT2D eigenvalue weighted by molar-refractivity contribution is -0.332. The summed E-state index contributed by atoms with van der Waals surface area (Å²) >= 11 is 0. The van der Waals surface area contributed by atoms with Crippen LogP contribution in [0.5, 0.6) is 0 Å². The lowest BCUT2D eigenvalue weighted by atomic mass is 9.98. The van der Waals surface area contributed by atoms with Crippen LogP contribution in [0, 0.1) is 0 Å². The molecule has 0 aromatic carbocycles. The van der Waals surface area contributed by atoms with Gasteiger partial charge in [0.1, 0.15) is 54.9 Å². The zero-order valence-electron chi connectivity index (χ0n) is 51.7. The minimum absolute atomic E-state index is 0.0488. The molecule has 0 amide bonds. The van der Waals surface area contributed by atoms with Gasteiger partial charge < -0.3 is 64.2 Å². The Balaban J connectivity index is 1.68. The second-order valence-corrected chi connectivity index (χ2v) is 22.6. The molecule has 2 aliphatic heterocycles. The summed E-state index contributed by atoms with van der Waals surface area (Å²) in [7, 11) is 0. The Morgan fingerprint density at radius 2 is 0.783 bits per heavy atom. The van der Waals surface area contributed by atoms with Crippen LogP contribution >= 0.6 is 0 Å². The fraction of sp³-hybridized carbons (Fsp3) is 0.754. The SMILES string of the molecule is CC/C=C\C/C=C\C/C=C\C/C=C\C/C=C\CCCCCCCCCCOCC(COC1OC(COC2OC(CO)C(O)C(O)C2O)C(O)C(O)C1O)OC(=O)CCCCCCCCCCCC/C=C\C/C=C\C/C=C\CCCCCCC. The maximum Gasteiger partial charge on any atom is 0.306 e. The molecule has 14 nitrogen and oxygen atoms in total. The van der Waals surface area contributed by atoms with E-state index in [-0.39, 0.29) is 25.6 Å². The number of carbonyl (C=O) groups is 1. The van der Waals surface area contributed by atoms with Crippen molar-refractivity contribution in [3.63, 3.8) is 0 Å². The summed E-state index contributed by atoms with van der Waals surface area (Å²) in [5, 5.41) is 72.6. The van der Waals surface area contributed by atoms with E-state index in [0.29, 0.717) is 13.0 Å². The van der Waals surface area contributed by atoms with Gasteiger partial charge in [0, 0.05) is 13.0 Å². The van der Waals surface area contributed by atoms with Gasteiger partial charge in [0.2, 0.25) is 0 Å². The first-order valence-corrected chi connectivity index (χ1v) is 32.8. The van der Waals surface area contributed by atoms with Crippen molar-refractivity contribution in [2.24, 2.45) is 0 Å². The normalized spacial score (nSPS) is 24.1. The number of hydrogen-bond donors (Lipinski definition) is 7. The summed E-state index contributed by atoms with van der Waals surface area (Å²) in [6.45, 7) is 3.55. The quantitative estimate of drug-likeness (QED) is 0.0172. The Morgan fingerprint density at radius 1 is 0.410 bits per heavy atom. The van der Waals surface area contributed by atoms with Crippen LogP contribution in [0.15, 0.2) is 97.2 Å². The molecule has 2 heterocycles. The Kier molecular flexibility index (Phi) is 49.7. The molecule has 83 heavy (non-hydrogen) atoms. The van der Waals surface area contributed by atoms with Crippen molar-refractivity contribution in [2.75, 3.05) is 33.0 Å². The zero-order valence-corrected chi connectivity index (χ0v) is 51.7. The summed E-state index contributed by atoms with van der Waals surface area (Å²) in [5.41, 5.74) is 0. The van der Waals surface area contributed by atoms with Crippen LogP contribution in [0.3, 0.4) is 0 Å². The van der Waals surface area contributed by atoms with E-state index in [9.17, 15) is 40.5 Å². The van der Waals surface area contributed by atoms with Crippen LogP contribution in [-0.2, 0) is 33.2 Å². The highest BCUT2D eigenvalue weighted by atomic mass is 16.7. The molecule has 0 saturated carbocycles. The number of rotatable bonds is 53. The molecule has 2 aliphatic rings. The molecule has 0 aromatic heterocycles. The van der Waals surface area contributed by atoms with Gasteiger partial charge in [-0.3, -0.25) is 4.79 Å². The lowest BCUT2D eigenvalue weighted by Gasteiger charge is -2.42. The van der Waals surface area contributed by atoms with Gasteiger partial charge in [-0.25, -0.2) is 0 Å². The molecule has 0 radical (unpaired) electrons. The summed E-state index contributed by atoms with van der Waals surface area (Å²) in [6.07, 6.45) is 57.5. The second-order valence-electron chi connectivity index (χ2n) is 22.6. The minimum Gasteiger partial charge on any atom is -0.457 e. The number of esters is 1.